The zero-order valence-corrected chi connectivity index (χ0v) is 11.5. The normalized spacial score (nSPS) is 16.4. The zero-order chi connectivity index (χ0) is 11.0. The summed E-state index contributed by atoms with van der Waals surface area (Å²) in [4.78, 5) is 0. The number of hydrogen-bond acceptors (Lipinski definition) is 4. The van der Waals surface area contributed by atoms with Gasteiger partial charge in [0.05, 0.1) is 23.5 Å². The van der Waals surface area contributed by atoms with Crippen LogP contribution >= 0.6 is 0 Å². The predicted octanol–water partition coefficient (Wildman–Crippen LogP) is -0.0848. The molecule has 5 heteroatoms. The Hall–Kier alpha value is -0.523. The zero-order valence-electron chi connectivity index (χ0n) is 9.50. The van der Waals surface area contributed by atoms with E-state index >= 15 is 0 Å². The first-order valence-corrected chi connectivity index (χ1v) is 5.96. The van der Waals surface area contributed by atoms with Gasteiger partial charge in [-0.25, -0.2) is 0 Å². The van der Waals surface area contributed by atoms with E-state index in [4.69, 9.17) is 19.9 Å². The van der Waals surface area contributed by atoms with Crippen LogP contribution in [0.1, 0.15) is 20.8 Å². The molecule has 0 spiro atoms. The molecule has 0 heterocycles. The highest BCUT2D eigenvalue weighted by atomic mass is 28.1. The van der Waals surface area contributed by atoms with Gasteiger partial charge in [0.1, 0.15) is 6.26 Å². The number of nitrogens with two attached hydrogens (primary N) is 1. The minimum atomic E-state index is -0.778. The second-order valence-corrected chi connectivity index (χ2v) is 4.40. The van der Waals surface area contributed by atoms with Gasteiger partial charge in [-0.2, -0.15) is 0 Å². The van der Waals surface area contributed by atoms with Crippen molar-refractivity contribution in [3.63, 3.8) is 0 Å². The van der Waals surface area contributed by atoms with E-state index in [1.54, 1.807) is 6.26 Å². The fraction of sp³-hybridized carbons (Fsp3) is 0.778. The lowest BCUT2D eigenvalue weighted by Gasteiger charge is -2.27. The van der Waals surface area contributed by atoms with Gasteiger partial charge in [-0.1, -0.05) is 0 Å². The molecule has 0 fully saturated rings. The average molecular weight is 219 g/mol. The van der Waals surface area contributed by atoms with Crippen LogP contribution in [-0.2, 0) is 14.2 Å². The average Bonchev–Trinajstić information content (AvgIpc) is 2.11. The van der Waals surface area contributed by atoms with E-state index in [1.807, 2.05) is 20.8 Å². The summed E-state index contributed by atoms with van der Waals surface area (Å²) in [5, 5.41) is -0.778. The minimum Gasteiger partial charge on any atom is -0.498 e. The molecule has 0 radical (unpaired) electrons. The van der Waals surface area contributed by atoms with Gasteiger partial charge in [0.25, 0.3) is 0 Å². The van der Waals surface area contributed by atoms with Crippen molar-refractivity contribution in [3.05, 3.63) is 12.0 Å². The van der Waals surface area contributed by atoms with Crippen LogP contribution in [0.3, 0.4) is 0 Å². The third kappa shape index (κ3) is 4.64. The molecule has 0 aliphatic heterocycles. The van der Waals surface area contributed by atoms with Gasteiger partial charge in [-0.05, 0) is 20.8 Å². The lowest BCUT2D eigenvalue weighted by Crippen LogP contribution is -2.46. The van der Waals surface area contributed by atoms with E-state index in [9.17, 15) is 0 Å². The third-order valence-corrected chi connectivity index (χ3v) is 2.37. The fourth-order valence-electron chi connectivity index (χ4n) is 0.980. The Morgan fingerprint density at radius 2 is 1.93 bits per heavy atom. The fourth-order valence-corrected chi connectivity index (χ4v) is 1.53. The van der Waals surface area contributed by atoms with Crippen LogP contribution in [-0.4, -0.2) is 35.4 Å². The molecule has 1 unspecified atom stereocenters. The molecular formula is C9H21NO3Si. The van der Waals surface area contributed by atoms with E-state index in [-0.39, 0.29) is 0 Å². The van der Waals surface area contributed by atoms with Gasteiger partial charge >= 0.3 is 0 Å². The second kappa shape index (κ2) is 6.86. The second-order valence-electron chi connectivity index (χ2n) is 2.91. The Labute approximate surface area is 88.8 Å². The molecule has 14 heavy (non-hydrogen) atoms. The SMILES string of the molecule is CCOC=C(OCC)C(N)([SiH3])OCC. The Kier molecular flexibility index (Phi) is 6.60. The summed E-state index contributed by atoms with van der Waals surface area (Å²) in [5.74, 6) is 0.579. The van der Waals surface area contributed by atoms with E-state index in [0.29, 0.717) is 35.8 Å². The largest absolute Gasteiger partial charge is 0.498 e. The molecule has 4 nitrogen and oxygen atoms in total. The quantitative estimate of drug-likeness (QED) is 0.369. The Balaban J connectivity index is 4.44. The summed E-state index contributed by atoms with van der Waals surface area (Å²) in [6.45, 7) is 7.45. The highest BCUT2D eigenvalue weighted by Gasteiger charge is 2.26. The van der Waals surface area contributed by atoms with Crippen LogP contribution in [0.15, 0.2) is 12.0 Å². The van der Waals surface area contributed by atoms with Crippen LogP contribution in [0.2, 0.25) is 0 Å². The molecular weight excluding hydrogens is 198 g/mol. The maximum absolute atomic E-state index is 5.96. The van der Waals surface area contributed by atoms with Gasteiger partial charge in [0.15, 0.2) is 11.1 Å². The lowest BCUT2D eigenvalue weighted by molar-refractivity contribution is 0.00606. The molecule has 0 aromatic heterocycles. The van der Waals surface area contributed by atoms with Crippen molar-refractivity contribution < 1.29 is 14.2 Å². The standard InChI is InChI=1S/C9H21NO3Si/c1-4-11-7-8(12-5-2)9(10,14)13-6-3/h7H,4-6,10H2,1-3,14H3. The Bertz CT molecular complexity index is 183. The van der Waals surface area contributed by atoms with Crippen molar-refractivity contribution in [2.24, 2.45) is 5.73 Å². The summed E-state index contributed by atoms with van der Waals surface area (Å²) in [7, 11) is 0.654. The van der Waals surface area contributed by atoms with E-state index < -0.39 is 5.35 Å². The number of ether oxygens (including phenoxy) is 3. The van der Waals surface area contributed by atoms with Crippen LogP contribution in [0, 0.1) is 0 Å². The summed E-state index contributed by atoms with van der Waals surface area (Å²) in [6, 6.07) is 0. The van der Waals surface area contributed by atoms with Gasteiger partial charge in [-0.15, -0.1) is 0 Å². The van der Waals surface area contributed by atoms with E-state index in [2.05, 4.69) is 0 Å². The van der Waals surface area contributed by atoms with Crippen LogP contribution in [0.25, 0.3) is 0 Å². The molecule has 0 saturated heterocycles. The smallest absolute Gasteiger partial charge is 0.172 e. The van der Waals surface area contributed by atoms with Crippen molar-refractivity contribution in [2.45, 2.75) is 26.1 Å². The first-order chi connectivity index (χ1) is 6.58. The Morgan fingerprint density at radius 3 is 2.36 bits per heavy atom. The van der Waals surface area contributed by atoms with Crippen LogP contribution < -0.4 is 5.73 Å². The first-order valence-electron chi connectivity index (χ1n) is 4.96. The summed E-state index contributed by atoms with van der Waals surface area (Å²) >= 11 is 0. The third-order valence-electron chi connectivity index (χ3n) is 1.59. The molecule has 0 saturated carbocycles. The molecule has 0 aliphatic carbocycles. The first kappa shape index (κ1) is 13.5. The summed E-state index contributed by atoms with van der Waals surface area (Å²) in [5.41, 5.74) is 5.96. The molecule has 0 bridgehead atoms. The van der Waals surface area contributed by atoms with Crippen molar-refractivity contribution in [2.75, 3.05) is 19.8 Å². The Morgan fingerprint density at radius 1 is 1.29 bits per heavy atom. The molecule has 2 N–H and O–H groups in total. The summed E-state index contributed by atoms with van der Waals surface area (Å²) < 4.78 is 15.9. The van der Waals surface area contributed by atoms with E-state index in [0.717, 1.165) is 0 Å². The van der Waals surface area contributed by atoms with Crippen molar-refractivity contribution >= 4 is 10.2 Å². The molecule has 0 aromatic carbocycles. The van der Waals surface area contributed by atoms with E-state index in [1.165, 1.54) is 0 Å². The van der Waals surface area contributed by atoms with Crippen LogP contribution in [0.4, 0.5) is 0 Å². The number of rotatable bonds is 7. The van der Waals surface area contributed by atoms with Crippen molar-refractivity contribution in [1.82, 2.24) is 0 Å². The minimum absolute atomic E-state index is 0.563. The highest BCUT2D eigenvalue weighted by molar-refractivity contribution is 6.15. The maximum Gasteiger partial charge on any atom is 0.172 e. The number of hydrogen-bond donors (Lipinski definition) is 1. The topological polar surface area (TPSA) is 53.7 Å². The van der Waals surface area contributed by atoms with Gasteiger partial charge in [0.2, 0.25) is 0 Å². The summed E-state index contributed by atoms with van der Waals surface area (Å²) in [6.07, 6.45) is 1.55. The van der Waals surface area contributed by atoms with Crippen LogP contribution in [0.5, 0.6) is 0 Å². The van der Waals surface area contributed by atoms with Crippen molar-refractivity contribution in [1.29, 1.82) is 0 Å². The highest BCUT2D eigenvalue weighted by Crippen LogP contribution is 2.13. The molecule has 84 valence electrons. The molecule has 0 aliphatic rings. The van der Waals surface area contributed by atoms with Gasteiger partial charge in [-0.3, -0.25) is 0 Å². The maximum atomic E-state index is 5.96. The van der Waals surface area contributed by atoms with Gasteiger partial charge < -0.3 is 19.9 Å². The lowest BCUT2D eigenvalue weighted by atomic mass is 10.4. The van der Waals surface area contributed by atoms with Gasteiger partial charge in [0, 0.05) is 6.61 Å². The monoisotopic (exact) mass is 219 g/mol. The van der Waals surface area contributed by atoms with Crippen molar-refractivity contribution in [3.8, 4) is 0 Å². The molecule has 1 atom stereocenters. The molecule has 0 amide bonds. The molecule has 0 aromatic rings. The predicted molar refractivity (Wildman–Crippen MR) is 59.8 cm³/mol. The molecule has 0 rings (SSSR count).